The van der Waals surface area contributed by atoms with Crippen molar-refractivity contribution in [3.05, 3.63) is 17.6 Å². The minimum atomic E-state index is 0.388. The Hall–Kier alpha value is -2.16. The number of nitrogens with zero attached hydrogens (tertiary/aromatic N) is 6. The summed E-state index contributed by atoms with van der Waals surface area (Å²) in [6, 6.07) is 2.05. The lowest BCUT2D eigenvalue weighted by atomic mass is 10.2. The molecule has 0 saturated carbocycles. The number of anilines is 1. The highest BCUT2D eigenvalue weighted by atomic mass is 15.4. The first-order chi connectivity index (χ1) is 7.15. The molecule has 0 spiro atoms. The van der Waals surface area contributed by atoms with Crippen LogP contribution in [0, 0.1) is 18.3 Å². The maximum absolute atomic E-state index is 8.93. The molecule has 0 aliphatic rings. The van der Waals surface area contributed by atoms with E-state index in [1.165, 1.54) is 6.33 Å². The summed E-state index contributed by atoms with van der Waals surface area (Å²) in [5, 5.41) is 13.0. The van der Waals surface area contributed by atoms with Gasteiger partial charge in [-0.15, -0.1) is 0 Å². The lowest BCUT2D eigenvalue weighted by Crippen LogP contribution is -2.17. The van der Waals surface area contributed by atoms with Crippen LogP contribution < -0.4 is 4.90 Å². The Labute approximate surface area is 86.8 Å². The van der Waals surface area contributed by atoms with E-state index < -0.39 is 0 Å². The van der Waals surface area contributed by atoms with Gasteiger partial charge in [0, 0.05) is 19.7 Å². The molecule has 0 bridgehead atoms. The quantitative estimate of drug-likeness (QED) is 0.668. The Morgan fingerprint density at radius 3 is 2.80 bits per heavy atom. The van der Waals surface area contributed by atoms with E-state index in [0.717, 1.165) is 11.4 Å². The van der Waals surface area contributed by atoms with Gasteiger partial charge < -0.3 is 4.90 Å². The van der Waals surface area contributed by atoms with Gasteiger partial charge in [-0.05, 0) is 6.92 Å². The fraction of sp³-hybridized carbons (Fsp3) is 0.333. The normalized spacial score (nSPS) is 10.3. The Balaban J connectivity index is 2.89. The van der Waals surface area contributed by atoms with Crippen molar-refractivity contribution in [1.29, 1.82) is 5.26 Å². The van der Waals surface area contributed by atoms with Crippen molar-refractivity contribution in [2.75, 3.05) is 19.0 Å². The Bertz CT molecular complexity index is 547. The largest absolute Gasteiger partial charge is 0.362 e. The average Bonchev–Trinajstić information content (AvgIpc) is 2.63. The zero-order chi connectivity index (χ0) is 11.0. The molecule has 15 heavy (non-hydrogen) atoms. The highest BCUT2D eigenvalue weighted by Crippen LogP contribution is 2.19. The summed E-state index contributed by atoms with van der Waals surface area (Å²) in [6.07, 6.45) is 1.43. The second-order valence-corrected chi connectivity index (χ2v) is 3.39. The van der Waals surface area contributed by atoms with E-state index in [1.807, 2.05) is 25.9 Å². The van der Waals surface area contributed by atoms with Gasteiger partial charge in [0.2, 0.25) is 0 Å². The third-order valence-corrected chi connectivity index (χ3v) is 2.16. The molecule has 0 aromatic carbocycles. The van der Waals surface area contributed by atoms with Crippen molar-refractivity contribution >= 4 is 11.6 Å². The molecule has 0 radical (unpaired) electrons. The van der Waals surface area contributed by atoms with Crippen LogP contribution in [0.1, 0.15) is 11.3 Å². The molecule has 0 amide bonds. The number of hydrogen-bond donors (Lipinski definition) is 0. The average molecular weight is 202 g/mol. The first-order valence-electron chi connectivity index (χ1n) is 4.43. The fourth-order valence-electron chi connectivity index (χ4n) is 1.54. The van der Waals surface area contributed by atoms with Crippen LogP contribution in [0.4, 0.5) is 5.82 Å². The van der Waals surface area contributed by atoms with Gasteiger partial charge in [-0.25, -0.2) is 0 Å². The number of fused-ring (bicyclic) bond motifs is 1. The van der Waals surface area contributed by atoms with Gasteiger partial charge in [-0.1, -0.05) is 0 Å². The van der Waals surface area contributed by atoms with Gasteiger partial charge in [0.25, 0.3) is 5.78 Å². The van der Waals surface area contributed by atoms with Gasteiger partial charge in [-0.3, -0.25) is 0 Å². The van der Waals surface area contributed by atoms with Crippen molar-refractivity contribution in [2.45, 2.75) is 6.92 Å². The molecule has 2 aromatic rings. The van der Waals surface area contributed by atoms with Crippen molar-refractivity contribution < 1.29 is 0 Å². The predicted molar refractivity (Wildman–Crippen MR) is 54.6 cm³/mol. The van der Waals surface area contributed by atoms with Crippen LogP contribution >= 0.6 is 0 Å². The van der Waals surface area contributed by atoms with E-state index in [9.17, 15) is 0 Å². The van der Waals surface area contributed by atoms with E-state index in [1.54, 1.807) is 4.52 Å². The molecular weight excluding hydrogens is 192 g/mol. The minimum absolute atomic E-state index is 0.388. The number of rotatable bonds is 1. The summed E-state index contributed by atoms with van der Waals surface area (Å²) in [5.41, 5.74) is 1.19. The SMILES string of the molecule is Cc1c(C#N)nc2ncnn2c1N(C)C. The van der Waals surface area contributed by atoms with Crippen LogP contribution in [0.2, 0.25) is 0 Å². The van der Waals surface area contributed by atoms with Crippen LogP contribution in [-0.2, 0) is 0 Å². The third kappa shape index (κ3) is 1.29. The van der Waals surface area contributed by atoms with E-state index in [2.05, 4.69) is 21.1 Å². The van der Waals surface area contributed by atoms with Crippen molar-refractivity contribution in [3.8, 4) is 6.07 Å². The molecule has 0 saturated heterocycles. The lowest BCUT2D eigenvalue weighted by molar-refractivity contribution is 0.880. The molecule has 2 rings (SSSR count). The maximum Gasteiger partial charge on any atom is 0.255 e. The van der Waals surface area contributed by atoms with Crippen LogP contribution in [-0.4, -0.2) is 33.7 Å². The van der Waals surface area contributed by atoms with Crippen LogP contribution in [0.25, 0.3) is 5.78 Å². The number of hydrogen-bond acceptors (Lipinski definition) is 5. The van der Waals surface area contributed by atoms with E-state index >= 15 is 0 Å². The summed E-state index contributed by atoms with van der Waals surface area (Å²) in [6.45, 7) is 1.85. The van der Waals surface area contributed by atoms with Gasteiger partial charge >= 0.3 is 0 Å². The van der Waals surface area contributed by atoms with E-state index in [0.29, 0.717) is 11.5 Å². The molecule has 0 unspecified atom stereocenters. The molecule has 0 aliphatic heterocycles. The highest BCUT2D eigenvalue weighted by molar-refractivity contribution is 5.55. The van der Waals surface area contributed by atoms with Gasteiger partial charge in [0.1, 0.15) is 18.2 Å². The molecule has 76 valence electrons. The fourth-order valence-corrected chi connectivity index (χ4v) is 1.54. The molecule has 0 aliphatic carbocycles. The summed E-state index contributed by atoms with van der Waals surface area (Å²) in [5.74, 6) is 1.27. The highest BCUT2D eigenvalue weighted by Gasteiger charge is 2.14. The lowest BCUT2D eigenvalue weighted by Gasteiger charge is -2.16. The molecule has 6 heteroatoms. The summed E-state index contributed by atoms with van der Waals surface area (Å²) < 4.78 is 1.62. The molecule has 2 heterocycles. The standard InChI is InChI=1S/C9H10N6/c1-6-7(4-10)13-9-11-5-12-15(9)8(6)14(2)3/h5H,1-3H3. The Kier molecular flexibility index (Phi) is 2.01. The smallest absolute Gasteiger partial charge is 0.255 e. The second kappa shape index (κ2) is 3.20. The molecule has 6 nitrogen and oxygen atoms in total. The minimum Gasteiger partial charge on any atom is -0.362 e. The van der Waals surface area contributed by atoms with Gasteiger partial charge in [0.15, 0.2) is 5.69 Å². The zero-order valence-corrected chi connectivity index (χ0v) is 8.76. The van der Waals surface area contributed by atoms with Crippen LogP contribution in [0.15, 0.2) is 6.33 Å². The number of nitriles is 1. The monoisotopic (exact) mass is 202 g/mol. The topological polar surface area (TPSA) is 70.1 Å². The van der Waals surface area contributed by atoms with Crippen LogP contribution in [0.5, 0.6) is 0 Å². The Morgan fingerprint density at radius 1 is 1.47 bits per heavy atom. The predicted octanol–water partition coefficient (Wildman–Crippen LogP) is 0.370. The summed E-state index contributed by atoms with van der Waals surface area (Å²) >= 11 is 0. The third-order valence-electron chi connectivity index (χ3n) is 2.16. The molecular formula is C9H10N6. The summed E-state index contributed by atoms with van der Waals surface area (Å²) in [4.78, 5) is 9.96. The van der Waals surface area contributed by atoms with Gasteiger partial charge in [-0.2, -0.15) is 24.8 Å². The molecule has 2 aromatic heterocycles. The van der Waals surface area contributed by atoms with E-state index in [4.69, 9.17) is 5.26 Å². The maximum atomic E-state index is 8.93. The van der Waals surface area contributed by atoms with Crippen molar-refractivity contribution in [3.63, 3.8) is 0 Å². The van der Waals surface area contributed by atoms with Crippen molar-refractivity contribution in [2.24, 2.45) is 0 Å². The van der Waals surface area contributed by atoms with E-state index in [-0.39, 0.29) is 0 Å². The zero-order valence-electron chi connectivity index (χ0n) is 8.76. The summed E-state index contributed by atoms with van der Waals surface area (Å²) in [7, 11) is 3.79. The van der Waals surface area contributed by atoms with Gasteiger partial charge in [0.05, 0.1) is 0 Å². The second-order valence-electron chi connectivity index (χ2n) is 3.39. The van der Waals surface area contributed by atoms with Crippen molar-refractivity contribution in [1.82, 2.24) is 19.6 Å². The first-order valence-corrected chi connectivity index (χ1v) is 4.43. The first kappa shape index (κ1) is 9.40. The van der Waals surface area contributed by atoms with Crippen LogP contribution in [0.3, 0.4) is 0 Å². The molecule has 0 atom stereocenters. The Morgan fingerprint density at radius 2 is 2.20 bits per heavy atom. The molecule has 0 fully saturated rings. The molecule has 0 N–H and O–H groups in total. The number of aromatic nitrogens is 4.